The molecule has 19 heavy (non-hydrogen) atoms. The molecular formula is C14H24N4O. The van der Waals surface area contributed by atoms with Gasteiger partial charge in [-0.1, -0.05) is 6.92 Å². The monoisotopic (exact) mass is 264 g/mol. The summed E-state index contributed by atoms with van der Waals surface area (Å²) >= 11 is 0. The zero-order chi connectivity index (χ0) is 13.7. The van der Waals surface area contributed by atoms with Gasteiger partial charge in [0.15, 0.2) is 0 Å². The lowest BCUT2D eigenvalue weighted by Crippen LogP contribution is -2.40. The number of nitrogens with one attached hydrogen (secondary N) is 2. The summed E-state index contributed by atoms with van der Waals surface area (Å²) in [4.78, 5) is 8.31. The van der Waals surface area contributed by atoms with Crippen LogP contribution in [0.1, 0.15) is 39.5 Å². The van der Waals surface area contributed by atoms with E-state index in [-0.39, 0.29) is 0 Å². The lowest BCUT2D eigenvalue weighted by molar-refractivity contribution is 0.00494. The minimum Gasteiger partial charge on any atom is -0.388 e. The highest BCUT2D eigenvalue weighted by Gasteiger charge is 2.31. The topological polar surface area (TPSA) is 70.1 Å². The minimum atomic E-state index is -0.587. The molecule has 2 rings (SSSR count). The molecule has 0 bridgehead atoms. The van der Waals surface area contributed by atoms with Crippen LogP contribution in [0.25, 0.3) is 0 Å². The SMILES string of the molecule is CCNc1cc(NCC2(O)CCC(C)CC2)ncn1. The van der Waals surface area contributed by atoms with Crippen molar-refractivity contribution in [3.8, 4) is 0 Å². The summed E-state index contributed by atoms with van der Waals surface area (Å²) in [5.41, 5.74) is -0.587. The van der Waals surface area contributed by atoms with Crippen molar-refractivity contribution < 1.29 is 5.11 Å². The summed E-state index contributed by atoms with van der Waals surface area (Å²) in [5.74, 6) is 2.31. The molecular weight excluding hydrogens is 240 g/mol. The molecule has 5 nitrogen and oxygen atoms in total. The second kappa shape index (κ2) is 6.19. The number of aliphatic hydroxyl groups is 1. The molecule has 1 aliphatic rings. The number of nitrogens with zero attached hydrogens (tertiary/aromatic N) is 2. The van der Waals surface area contributed by atoms with Crippen molar-refractivity contribution in [2.24, 2.45) is 5.92 Å². The van der Waals surface area contributed by atoms with Gasteiger partial charge in [-0.15, -0.1) is 0 Å². The fourth-order valence-electron chi connectivity index (χ4n) is 2.46. The second-order valence-electron chi connectivity index (χ2n) is 5.58. The zero-order valence-electron chi connectivity index (χ0n) is 11.8. The molecule has 1 aromatic rings. The molecule has 1 aliphatic carbocycles. The van der Waals surface area contributed by atoms with Gasteiger partial charge in [0.05, 0.1) is 5.60 Å². The molecule has 1 fully saturated rings. The van der Waals surface area contributed by atoms with Gasteiger partial charge in [0.2, 0.25) is 0 Å². The van der Waals surface area contributed by atoms with E-state index in [9.17, 15) is 5.11 Å². The van der Waals surface area contributed by atoms with E-state index in [1.807, 2.05) is 13.0 Å². The smallest absolute Gasteiger partial charge is 0.131 e. The standard InChI is InChI=1S/C14H24N4O/c1-3-15-12-8-13(18-10-17-12)16-9-14(19)6-4-11(2)5-7-14/h8,10-11,19H,3-7,9H2,1-2H3,(H2,15,16,17,18). The largest absolute Gasteiger partial charge is 0.388 e. The summed E-state index contributed by atoms with van der Waals surface area (Å²) in [6, 6.07) is 1.87. The van der Waals surface area contributed by atoms with Gasteiger partial charge in [-0.2, -0.15) is 0 Å². The molecule has 1 saturated carbocycles. The number of anilines is 2. The molecule has 0 radical (unpaired) electrons. The maximum atomic E-state index is 10.5. The van der Waals surface area contributed by atoms with Gasteiger partial charge in [-0.3, -0.25) is 0 Å². The van der Waals surface area contributed by atoms with Crippen LogP contribution in [0.2, 0.25) is 0 Å². The Hall–Kier alpha value is -1.36. The molecule has 0 amide bonds. The lowest BCUT2D eigenvalue weighted by atomic mass is 9.79. The first-order chi connectivity index (χ1) is 9.11. The first-order valence-electron chi connectivity index (χ1n) is 7.13. The van der Waals surface area contributed by atoms with E-state index >= 15 is 0 Å². The predicted molar refractivity (Wildman–Crippen MR) is 77.3 cm³/mol. The van der Waals surface area contributed by atoms with Crippen molar-refractivity contribution in [3.05, 3.63) is 12.4 Å². The van der Waals surface area contributed by atoms with Crippen LogP contribution in [-0.4, -0.2) is 33.8 Å². The highest BCUT2D eigenvalue weighted by Crippen LogP contribution is 2.31. The van der Waals surface area contributed by atoms with Crippen molar-refractivity contribution in [3.63, 3.8) is 0 Å². The van der Waals surface area contributed by atoms with Crippen LogP contribution in [0.15, 0.2) is 12.4 Å². The quantitative estimate of drug-likeness (QED) is 0.761. The third kappa shape index (κ3) is 4.06. The van der Waals surface area contributed by atoms with E-state index in [0.29, 0.717) is 6.54 Å². The maximum Gasteiger partial charge on any atom is 0.131 e. The fourth-order valence-corrected chi connectivity index (χ4v) is 2.46. The fraction of sp³-hybridized carbons (Fsp3) is 0.714. The number of hydrogen-bond acceptors (Lipinski definition) is 5. The molecule has 106 valence electrons. The molecule has 0 aromatic carbocycles. The second-order valence-corrected chi connectivity index (χ2v) is 5.58. The molecule has 0 unspecified atom stereocenters. The highest BCUT2D eigenvalue weighted by molar-refractivity contribution is 5.46. The van der Waals surface area contributed by atoms with Gasteiger partial charge in [0.1, 0.15) is 18.0 Å². The lowest BCUT2D eigenvalue weighted by Gasteiger charge is -2.35. The van der Waals surface area contributed by atoms with Gasteiger partial charge < -0.3 is 15.7 Å². The Labute approximate surface area is 114 Å². The molecule has 0 atom stereocenters. The summed E-state index contributed by atoms with van der Waals surface area (Å²) in [5, 5.41) is 16.9. The normalized spacial score (nSPS) is 27.0. The van der Waals surface area contributed by atoms with Gasteiger partial charge in [-0.25, -0.2) is 9.97 Å². The Morgan fingerprint density at radius 3 is 2.53 bits per heavy atom. The molecule has 3 N–H and O–H groups in total. The van der Waals surface area contributed by atoms with Gasteiger partial charge in [-0.05, 0) is 38.5 Å². The van der Waals surface area contributed by atoms with Crippen molar-refractivity contribution in [2.45, 2.75) is 45.1 Å². The average Bonchev–Trinajstić information content (AvgIpc) is 2.41. The van der Waals surface area contributed by atoms with E-state index in [2.05, 4.69) is 27.5 Å². The van der Waals surface area contributed by atoms with Crippen molar-refractivity contribution in [2.75, 3.05) is 23.7 Å². The van der Waals surface area contributed by atoms with Gasteiger partial charge >= 0.3 is 0 Å². The van der Waals surface area contributed by atoms with Gasteiger partial charge in [0.25, 0.3) is 0 Å². The molecule has 1 aromatic heterocycles. The Balaban J connectivity index is 1.89. The average molecular weight is 264 g/mol. The summed E-state index contributed by atoms with van der Waals surface area (Å²) < 4.78 is 0. The molecule has 5 heteroatoms. The van der Waals surface area contributed by atoms with E-state index in [1.165, 1.54) is 6.33 Å². The van der Waals surface area contributed by atoms with Crippen molar-refractivity contribution in [1.29, 1.82) is 0 Å². The van der Waals surface area contributed by atoms with E-state index in [4.69, 9.17) is 0 Å². The number of rotatable bonds is 5. The molecule has 0 spiro atoms. The predicted octanol–water partition coefficient (Wildman–Crippen LogP) is 2.26. The number of aromatic nitrogens is 2. The van der Waals surface area contributed by atoms with Crippen LogP contribution >= 0.6 is 0 Å². The van der Waals surface area contributed by atoms with Gasteiger partial charge in [0, 0.05) is 19.2 Å². The maximum absolute atomic E-state index is 10.5. The summed E-state index contributed by atoms with van der Waals surface area (Å²) in [6.45, 7) is 5.67. The van der Waals surface area contributed by atoms with Crippen LogP contribution in [-0.2, 0) is 0 Å². The summed E-state index contributed by atoms with van der Waals surface area (Å²) in [6.07, 6.45) is 5.47. The Morgan fingerprint density at radius 2 is 1.89 bits per heavy atom. The van der Waals surface area contributed by atoms with E-state index in [0.717, 1.165) is 49.8 Å². The first-order valence-corrected chi connectivity index (χ1v) is 7.13. The van der Waals surface area contributed by atoms with E-state index < -0.39 is 5.60 Å². The zero-order valence-corrected chi connectivity index (χ0v) is 11.8. The Kier molecular flexibility index (Phi) is 4.58. The molecule has 1 heterocycles. The molecule has 0 aliphatic heterocycles. The van der Waals surface area contributed by atoms with Crippen LogP contribution in [0, 0.1) is 5.92 Å². The first kappa shape index (κ1) is 14.1. The third-order valence-electron chi connectivity index (χ3n) is 3.83. The Morgan fingerprint density at radius 1 is 1.26 bits per heavy atom. The highest BCUT2D eigenvalue weighted by atomic mass is 16.3. The minimum absolute atomic E-state index is 0.558. The van der Waals surface area contributed by atoms with Crippen LogP contribution < -0.4 is 10.6 Å². The van der Waals surface area contributed by atoms with Crippen LogP contribution in [0.5, 0.6) is 0 Å². The summed E-state index contributed by atoms with van der Waals surface area (Å²) in [7, 11) is 0. The van der Waals surface area contributed by atoms with Crippen LogP contribution in [0.3, 0.4) is 0 Å². The van der Waals surface area contributed by atoms with Crippen molar-refractivity contribution >= 4 is 11.6 Å². The van der Waals surface area contributed by atoms with E-state index in [1.54, 1.807) is 0 Å². The number of hydrogen-bond donors (Lipinski definition) is 3. The Bertz CT molecular complexity index is 402. The third-order valence-corrected chi connectivity index (χ3v) is 3.83. The van der Waals surface area contributed by atoms with Crippen molar-refractivity contribution in [1.82, 2.24) is 9.97 Å². The van der Waals surface area contributed by atoms with Crippen LogP contribution in [0.4, 0.5) is 11.6 Å². The molecule has 0 saturated heterocycles.